The Bertz CT molecular complexity index is 553. The molecule has 1 radical (unpaired) electrons. The molecule has 0 aliphatic carbocycles. The van der Waals surface area contributed by atoms with Crippen molar-refractivity contribution < 1.29 is 13.3 Å². The average Bonchev–Trinajstić information content (AvgIpc) is 2.55. The number of hydrogen-bond acceptors (Lipinski definition) is 3. The molecule has 0 saturated carbocycles. The van der Waals surface area contributed by atoms with E-state index in [4.69, 9.17) is 13.3 Å². The SMILES string of the molecule is CCO[Si](OCC)OCCCCc1ccc2ccccc2c1. The van der Waals surface area contributed by atoms with Crippen LogP contribution in [0, 0.1) is 0 Å². The molecule has 0 unspecified atom stereocenters. The van der Waals surface area contributed by atoms with E-state index in [0.29, 0.717) is 19.8 Å². The second-order valence-corrected chi connectivity index (χ2v) is 6.47. The van der Waals surface area contributed by atoms with Crippen LogP contribution in [0.4, 0.5) is 0 Å². The monoisotopic (exact) mass is 317 g/mol. The highest BCUT2D eigenvalue weighted by Gasteiger charge is 2.16. The van der Waals surface area contributed by atoms with Crippen LogP contribution in [-0.4, -0.2) is 29.3 Å². The summed E-state index contributed by atoms with van der Waals surface area (Å²) in [4.78, 5) is 0. The Balaban J connectivity index is 1.71. The van der Waals surface area contributed by atoms with Crippen molar-refractivity contribution in [3.63, 3.8) is 0 Å². The highest BCUT2D eigenvalue weighted by Crippen LogP contribution is 2.17. The Kier molecular flexibility index (Phi) is 7.60. The molecule has 4 heteroatoms. The summed E-state index contributed by atoms with van der Waals surface area (Å²) in [7, 11) is -1.52. The third kappa shape index (κ3) is 5.53. The van der Waals surface area contributed by atoms with E-state index in [1.165, 1.54) is 16.3 Å². The maximum absolute atomic E-state index is 5.69. The van der Waals surface area contributed by atoms with Gasteiger partial charge in [0.15, 0.2) is 0 Å². The fourth-order valence-corrected chi connectivity index (χ4v) is 3.37. The minimum atomic E-state index is -1.52. The van der Waals surface area contributed by atoms with E-state index in [0.717, 1.165) is 19.3 Å². The zero-order valence-electron chi connectivity index (χ0n) is 13.5. The summed E-state index contributed by atoms with van der Waals surface area (Å²) in [5.41, 5.74) is 1.39. The van der Waals surface area contributed by atoms with E-state index in [9.17, 15) is 0 Å². The first kappa shape index (κ1) is 17.2. The molecule has 119 valence electrons. The second kappa shape index (κ2) is 9.74. The summed E-state index contributed by atoms with van der Waals surface area (Å²) in [6.07, 6.45) is 3.23. The third-order valence-corrected chi connectivity index (χ3v) is 4.91. The van der Waals surface area contributed by atoms with Crippen LogP contribution in [-0.2, 0) is 19.7 Å². The number of unbranched alkanes of at least 4 members (excludes halogenated alkanes) is 1. The van der Waals surface area contributed by atoms with Gasteiger partial charge in [-0.2, -0.15) is 0 Å². The van der Waals surface area contributed by atoms with E-state index < -0.39 is 9.53 Å². The van der Waals surface area contributed by atoms with Crippen LogP contribution in [0.2, 0.25) is 0 Å². The highest BCUT2D eigenvalue weighted by atomic mass is 28.3. The minimum Gasteiger partial charge on any atom is -0.371 e. The summed E-state index contributed by atoms with van der Waals surface area (Å²) < 4.78 is 16.6. The van der Waals surface area contributed by atoms with E-state index in [1.807, 2.05) is 13.8 Å². The highest BCUT2D eigenvalue weighted by molar-refractivity contribution is 6.36. The first-order valence-corrected chi connectivity index (χ1v) is 9.29. The number of fused-ring (bicyclic) bond motifs is 1. The molecule has 0 aromatic heterocycles. The van der Waals surface area contributed by atoms with Gasteiger partial charge in [0.05, 0.1) is 0 Å². The van der Waals surface area contributed by atoms with E-state index in [2.05, 4.69) is 42.5 Å². The molecule has 2 aromatic rings. The molecule has 3 nitrogen and oxygen atoms in total. The lowest BCUT2D eigenvalue weighted by molar-refractivity contribution is 0.101. The molecule has 0 N–H and O–H groups in total. The van der Waals surface area contributed by atoms with Crippen molar-refractivity contribution in [3.8, 4) is 0 Å². The van der Waals surface area contributed by atoms with Crippen LogP contribution in [0.15, 0.2) is 42.5 Å². The molecule has 2 rings (SSSR count). The normalized spacial score (nSPS) is 11.4. The maximum Gasteiger partial charge on any atom is 0.577 e. The van der Waals surface area contributed by atoms with Crippen LogP contribution in [0.25, 0.3) is 10.8 Å². The Morgan fingerprint density at radius 2 is 1.55 bits per heavy atom. The van der Waals surface area contributed by atoms with Crippen molar-refractivity contribution in [3.05, 3.63) is 48.0 Å². The van der Waals surface area contributed by atoms with Crippen LogP contribution in [0.1, 0.15) is 32.3 Å². The Morgan fingerprint density at radius 3 is 2.27 bits per heavy atom. The quantitative estimate of drug-likeness (QED) is 0.484. The van der Waals surface area contributed by atoms with Gasteiger partial charge in [-0.1, -0.05) is 42.5 Å². The van der Waals surface area contributed by atoms with Gasteiger partial charge in [-0.05, 0) is 49.4 Å². The van der Waals surface area contributed by atoms with E-state index in [-0.39, 0.29) is 0 Å². The van der Waals surface area contributed by atoms with Crippen molar-refractivity contribution in [2.75, 3.05) is 19.8 Å². The first-order valence-electron chi connectivity index (χ1n) is 8.06. The summed E-state index contributed by atoms with van der Waals surface area (Å²) in [6, 6.07) is 15.2. The molecular formula is C18H25O3Si. The van der Waals surface area contributed by atoms with Crippen molar-refractivity contribution in [2.24, 2.45) is 0 Å². The lowest BCUT2D eigenvalue weighted by Crippen LogP contribution is -2.27. The zero-order chi connectivity index (χ0) is 15.6. The molecule has 0 bridgehead atoms. The van der Waals surface area contributed by atoms with Gasteiger partial charge in [-0.15, -0.1) is 0 Å². The molecule has 0 atom stereocenters. The second-order valence-electron chi connectivity index (χ2n) is 5.10. The largest absolute Gasteiger partial charge is 0.577 e. The van der Waals surface area contributed by atoms with Crippen LogP contribution < -0.4 is 0 Å². The number of aryl methyl sites for hydroxylation is 1. The van der Waals surface area contributed by atoms with E-state index >= 15 is 0 Å². The van der Waals surface area contributed by atoms with Crippen molar-refractivity contribution in [1.29, 1.82) is 0 Å². The molecule has 0 aliphatic rings. The first-order chi connectivity index (χ1) is 10.8. The maximum atomic E-state index is 5.69. The summed E-state index contributed by atoms with van der Waals surface area (Å²) in [5, 5.41) is 2.62. The van der Waals surface area contributed by atoms with Crippen molar-refractivity contribution >= 4 is 20.3 Å². The smallest absolute Gasteiger partial charge is 0.371 e. The standard InChI is InChI=1S/C18H25O3Si/c1-3-19-22(20-4-2)21-14-8-7-9-16-12-13-17-10-5-6-11-18(17)15-16/h5-6,10-13,15H,3-4,7-9,14H2,1-2H3. The summed E-state index contributed by atoms with van der Waals surface area (Å²) in [6.45, 7) is 5.93. The molecule has 0 aliphatic heterocycles. The fourth-order valence-electron chi connectivity index (χ4n) is 2.34. The minimum absolute atomic E-state index is 0.644. The van der Waals surface area contributed by atoms with Crippen LogP contribution in [0.5, 0.6) is 0 Å². The van der Waals surface area contributed by atoms with Gasteiger partial charge >= 0.3 is 9.53 Å². The van der Waals surface area contributed by atoms with Gasteiger partial charge in [0.1, 0.15) is 0 Å². The third-order valence-electron chi connectivity index (χ3n) is 3.42. The lowest BCUT2D eigenvalue weighted by atomic mass is 10.0. The fraction of sp³-hybridized carbons (Fsp3) is 0.444. The molecule has 0 amide bonds. The number of hydrogen-bond donors (Lipinski definition) is 0. The number of benzene rings is 2. The summed E-state index contributed by atoms with van der Waals surface area (Å²) >= 11 is 0. The van der Waals surface area contributed by atoms with Gasteiger partial charge in [-0.3, -0.25) is 0 Å². The van der Waals surface area contributed by atoms with Crippen LogP contribution >= 0.6 is 0 Å². The van der Waals surface area contributed by atoms with E-state index in [1.54, 1.807) is 0 Å². The molecule has 0 saturated heterocycles. The van der Waals surface area contributed by atoms with Gasteiger partial charge in [0, 0.05) is 19.8 Å². The lowest BCUT2D eigenvalue weighted by Gasteiger charge is -2.12. The molecule has 22 heavy (non-hydrogen) atoms. The van der Waals surface area contributed by atoms with Gasteiger partial charge in [-0.25, -0.2) is 0 Å². The summed E-state index contributed by atoms with van der Waals surface area (Å²) in [5.74, 6) is 0. The Morgan fingerprint density at radius 1 is 0.818 bits per heavy atom. The Labute approximate surface area is 135 Å². The predicted octanol–water partition coefficient (Wildman–Crippen LogP) is 4.24. The van der Waals surface area contributed by atoms with Crippen molar-refractivity contribution in [1.82, 2.24) is 0 Å². The Hall–Kier alpha value is -1.20. The topological polar surface area (TPSA) is 27.7 Å². The molecule has 0 spiro atoms. The molecule has 2 aromatic carbocycles. The molecule has 0 heterocycles. The molecule has 0 fully saturated rings. The number of rotatable bonds is 10. The van der Waals surface area contributed by atoms with Gasteiger partial charge in [0.25, 0.3) is 0 Å². The van der Waals surface area contributed by atoms with Crippen LogP contribution in [0.3, 0.4) is 0 Å². The predicted molar refractivity (Wildman–Crippen MR) is 91.8 cm³/mol. The van der Waals surface area contributed by atoms with Crippen molar-refractivity contribution in [2.45, 2.75) is 33.1 Å². The average molecular weight is 317 g/mol. The zero-order valence-corrected chi connectivity index (χ0v) is 14.5. The van der Waals surface area contributed by atoms with Gasteiger partial charge < -0.3 is 13.3 Å². The van der Waals surface area contributed by atoms with Gasteiger partial charge in [0.2, 0.25) is 0 Å². The molecular weight excluding hydrogens is 292 g/mol.